The molecule has 0 aliphatic carbocycles. The number of amides is 1. The zero-order valence-corrected chi connectivity index (χ0v) is 17.2. The summed E-state index contributed by atoms with van der Waals surface area (Å²) in [6.07, 6.45) is 0.977. The maximum atomic E-state index is 12.6. The summed E-state index contributed by atoms with van der Waals surface area (Å²) in [4.78, 5) is 24.5. The number of quaternary nitrogens is 1. The third kappa shape index (κ3) is 5.07. The first-order valence-corrected chi connectivity index (χ1v) is 10.4. The lowest BCUT2D eigenvalue weighted by atomic mass is 10.0. The molecule has 3 N–H and O–H groups in total. The predicted octanol–water partition coefficient (Wildman–Crippen LogP) is 3.82. The van der Waals surface area contributed by atoms with Crippen molar-refractivity contribution in [3.8, 4) is 0 Å². The van der Waals surface area contributed by atoms with Crippen LogP contribution >= 0.6 is 11.3 Å². The second-order valence-corrected chi connectivity index (χ2v) is 7.78. The van der Waals surface area contributed by atoms with Gasteiger partial charge in [0, 0.05) is 11.6 Å². The average Bonchev–Trinajstić information content (AvgIpc) is 3.24. The number of rotatable bonds is 8. The number of para-hydroxylation sites is 1. The van der Waals surface area contributed by atoms with E-state index in [9.17, 15) is 14.9 Å². The van der Waals surface area contributed by atoms with Crippen LogP contribution in [0.5, 0.6) is 0 Å². The van der Waals surface area contributed by atoms with Crippen LogP contribution < -0.4 is 10.6 Å². The van der Waals surface area contributed by atoms with Gasteiger partial charge >= 0.3 is 0 Å². The van der Waals surface area contributed by atoms with Crippen LogP contribution in [-0.4, -0.2) is 17.4 Å². The van der Waals surface area contributed by atoms with E-state index >= 15 is 0 Å². The number of nitro groups is 1. The van der Waals surface area contributed by atoms with E-state index in [0.717, 1.165) is 16.9 Å². The number of nitro benzene ring substituents is 1. The molecule has 1 atom stereocenters. The summed E-state index contributed by atoms with van der Waals surface area (Å²) in [7, 11) is 0. The molecule has 0 aliphatic heterocycles. The molecule has 3 rings (SSSR count). The normalized spacial score (nSPS) is 11.8. The van der Waals surface area contributed by atoms with Crippen LogP contribution in [0.1, 0.15) is 34.5 Å². The van der Waals surface area contributed by atoms with Gasteiger partial charge in [-0.1, -0.05) is 49.4 Å². The maximum absolute atomic E-state index is 12.6. The minimum Gasteiger partial charge on any atom is -0.328 e. The van der Waals surface area contributed by atoms with E-state index in [1.54, 1.807) is 30.4 Å². The van der Waals surface area contributed by atoms with Gasteiger partial charge in [0.25, 0.3) is 11.6 Å². The molecule has 1 amide bonds. The van der Waals surface area contributed by atoms with E-state index in [0.29, 0.717) is 5.56 Å². The van der Waals surface area contributed by atoms with Gasteiger partial charge < -0.3 is 10.6 Å². The molecule has 0 saturated heterocycles. The molecule has 0 spiro atoms. The van der Waals surface area contributed by atoms with E-state index in [4.69, 9.17) is 0 Å². The highest BCUT2D eigenvalue weighted by molar-refractivity contribution is 7.10. The fourth-order valence-electron chi connectivity index (χ4n) is 3.23. The summed E-state index contributed by atoms with van der Waals surface area (Å²) in [5, 5.41) is 18.0. The SMILES string of the molecule is CCc1ccc([C@H]([NH2+]CC(=O)Nc2c(C)cccc2[N+](=O)[O-])c2cccs2)cc1. The van der Waals surface area contributed by atoms with Gasteiger partial charge in [0.1, 0.15) is 11.7 Å². The number of hydrogen-bond donors (Lipinski definition) is 2. The highest BCUT2D eigenvalue weighted by Crippen LogP contribution is 2.27. The maximum Gasteiger partial charge on any atom is 0.293 e. The van der Waals surface area contributed by atoms with Crippen LogP contribution in [0.15, 0.2) is 60.0 Å². The number of nitrogens with zero attached hydrogens (tertiary/aromatic N) is 1. The molecule has 29 heavy (non-hydrogen) atoms. The van der Waals surface area contributed by atoms with Crippen molar-refractivity contribution in [2.45, 2.75) is 26.3 Å². The largest absolute Gasteiger partial charge is 0.328 e. The lowest BCUT2D eigenvalue weighted by molar-refractivity contribution is -0.675. The molecule has 0 saturated carbocycles. The molecule has 0 radical (unpaired) electrons. The number of hydrogen-bond acceptors (Lipinski definition) is 4. The number of carbonyl (C=O) groups is 1. The molecule has 0 aliphatic rings. The Labute approximate surface area is 173 Å². The number of thiophene rings is 1. The minimum absolute atomic E-state index is 0.00138. The summed E-state index contributed by atoms with van der Waals surface area (Å²) in [6, 6.07) is 17.2. The van der Waals surface area contributed by atoms with Gasteiger partial charge in [0.2, 0.25) is 0 Å². The van der Waals surface area contributed by atoms with Gasteiger partial charge in [-0.2, -0.15) is 0 Å². The first kappa shape index (κ1) is 20.7. The Kier molecular flexibility index (Phi) is 6.74. The predicted molar refractivity (Wildman–Crippen MR) is 115 cm³/mol. The van der Waals surface area contributed by atoms with Crippen molar-refractivity contribution in [2.75, 3.05) is 11.9 Å². The van der Waals surface area contributed by atoms with Crippen molar-refractivity contribution < 1.29 is 15.0 Å². The molecule has 1 heterocycles. The Balaban J connectivity index is 1.75. The summed E-state index contributed by atoms with van der Waals surface area (Å²) in [6.45, 7) is 4.02. The molecule has 1 aromatic heterocycles. The van der Waals surface area contributed by atoms with E-state index < -0.39 is 4.92 Å². The highest BCUT2D eigenvalue weighted by atomic mass is 32.1. The van der Waals surface area contributed by atoms with Crippen LogP contribution in [0.2, 0.25) is 0 Å². The number of nitrogens with one attached hydrogen (secondary N) is 1. The van der Waals surface area contributed by atoms with Crippen molar-refractivity contribution >= 4 is 28.6 Å². The number of benzene rings is 2. The molecule has 0 fully saturated rings. The first-order chi connectivity index (χ1) is 14.0. The molecule has 7 heteroatoms. The number of anilines is 1. The third-order valence-corrected chi connectivity index (χ3v) is 5.80. The highest BCUT2D eigenvalue weighted by Gasteiger charge is 2.22. The van der Waals surface area contributed by atoms with E-state index in [1.165, 1.54) is 11.6 Å². The Morgan fingerprint density at radius 2 is 1.93 bits per heavy atom. The zero-order chi connectivity index (χ0) is 20.8. The molecule has 150 valence electrons. The number of carbonyl (C=O) groups excluding carboxylic acids is 1. The quantitative estimate of drug-likeness (QED) is 0.437. The monoisotopic (exact) mass is 410 g/mol. The second kappa shape index (κ2) is 9.45. The molecule has 0 unspecified atom stereocenters. The fourth-order valence-corrected chi connectivity index (χ4v) is 4.08. The summed E-state index contributed by atoms with van der Waals surface area (Å²) in [5.41, 5.74) is 3.22. The van der Waals surface area contributed by atoms with Gasteiger partial charge in [0.15, 0.2) is 6.54 Å². The van der Waals surface area contributed by atoms with Crippen LogP contribution in [0, 0.1) is 17.0 Å². The van der Waals surface area contributed by atoms with Crippen molar-refractivity contribution in [1.29, 1.82) is 0 Å². The summed E-state index contributed by atoms with van der Waals surface area (Å²) < 4.78 is 0. The number of aryl methyl sites for hydroxylation is 2. The number of nitrogens with two attached hydrogens (primary N) is 1. The standard InChI is InChI=1S/C22H23N3O3S/c1-3-16-9-11-17(12-10-16)22(19-8-5-13-29-19)23-14-20(26)24-21-15(2)6-4-7-18(21)25(27)28/h4-13,22-23H,3,14H2,1-2H3,(H,24,26)/p+1/t22-/m0/s1. The average molecular weight is 411 g/mol. The van der Waals surface area contributed by atoms with Crippen LogP contribution in [0.25, 0.3) is 0 Å². The van der Waals surface area contributed by atoms with E-state index in [2.05, 4.69) is 42.6 Å². The molecular weight excluding hydrogens is 386 g/mol. The Morgan fingerprint density at radius 3 is 2.55 bits per heavy atom. The minimum atomic E-state index is -0.476. The second-order valence-electron chi connectivity index (χ2n) is 6.80. The Bertz CT molecular complexity index is 985. The summed E-state index contributed by atoms with van der Waals surface area (Å²) >= 11 is 1.65. The van der Waals surface area contributed by atoms with Gasteiger partial charge in [-0.25, -0.2) is 0 Å². The summed E-state index contributed by atoms with van der Waals surface area (Å²) in [5.74, 6) is -0.269. The molecule has 6 nitrogen and oxygen atoms in total. The molecule has 2 aromatic carbocycles. The van der Waals surface area contributed by atoms with Crippen molar-refractivity contribution in [3.05, 3.63) is 91.7 Å². The van der Waals surface area contributed by atoms with Gasteiger partial charge in [-0.05, 0) is 35.9 Å². The smallest absolute Gasteiger partial charge is 0.293 e. The third-order valence-electron chi connectivity index (χ3n) is 4.85. The Morgan fingerprint density at radius 1 is 1.17 bits per heavy atom. The first-order valence-electron chi connectivity index (χ1n) is 9.49. The van der Waals surface area contributed by atoms with Crippen LogP contribution in [-0.2, 0) is 11.2 Å². The van der Waals surface area contributed by atoms with Crippen molar-refractivity contribution in [1.82, 2.24) is 0 Å². The van der Waals surface area contributed by atoms with Crippen LogP contribution in [0.4, 0.5) is 11.4 Å². The van der Waals surface area contributed by atoms with Crippen LogP contribution in [0.3, 0.4) is 0 Å². The molecular formula is C22H24N3O3S+. The zero-order valence-electron chi connectivity index (χ0n) is 16.4. The Hall–Kier alpha value is -3.03. The van der Waals surface area contributed by atoms with E-state index in [1.807, 2.05) is 16.8 Å². The van der Waals surface area contributed by atoms with Gasteiger partial charge in [-0.15, -0.1) is 11.3 Å². The lowest BCUT2D eigenvalue weighted by Gasteiger charge is -2.15. The van der Waals surface area contributed by atoms with Crippen molar-refractivity contribution in [2.24, 2.45) is 0 Å². The van der Waals surface area contributed by atoms with Crippen molar-refractivity contribution in [3.63, 3.8) is 0 Å². The topological polar surface area (TPSA) is 88.8 Å². The van der Waals surface area contributed by atoms with Gasteiger partial charge in [0.05, 0.1) is 9.80 Å². The van der Waals surface area contributed by atoms with E-state index in [-0.39, 0.29) is 29.9 Å². The van der Waals surface area contributed by atoms with Gasteiger partial charge in [-0.3, -0.25) is 14.9 Å². The fraction of sp³-hybridized carbons (Fsp3) is 0.227. The lowest BCUT2D eigenvalue weighted by Crippen LogP contribution is -2.87. The molecule has 3 aromatic rings. The molecule has 0 bridgehead atoms.